The number of esters is 1. The minimum Gasteiger partial charge on any atom is -0.481 e. The van der Waals surface area contributed by atoms with E-state index < -0.39 is 18.0 Å². The summed E-state index contributed by atoms with van der Waals surface area (Å²) in [6.07, 6.45) is 2.20. The molecule has 0 amide bonds. The molecule has 0 aliphatic carbocycles. The van der Waals surface area contributed by atoms with Gasteiger partial charge in [0.15, 0.2) is 0 Å². The van der Waals surface area contributed by atoms with Gasteiger partial charge in [0.1, 0.15) is 12.7 Å². The minimum absolute atomic E-state index is 0.106. The van der Waals surface area contributed by atoms with E-state index >= 15 is 0 Å². The lowest BCUT2D eigenvalue weighted by molar-refractivity contribution is -0.148. The van der Waals surface area contributed by atoms with E-state index in [4.69, 9.17) is 25.2 Å². The molecule has 0 aliphatic rings. The Kier molecular flexibility index (Phi) is 18.4. The first-order valence-electron chi connectivity index (χ1n) is 11.1. The summed E-state index contributed by atoms with van der Waals surface area (Å²) >= 11 is 0. The van der Waals surface area contributed by atoms with Crippen LogP contribution in [0.15, 0.2) is 0 Å². The summed E-state index contributed by atoms with van der Waals surface area (Å²) < 4.78 is 4.74. The van der Waals surface area contributed by atoms with Crippen molar-refractivity contribution < 1.29 is 39.5 Å². The van der Waals surface area contributed by atoms with Crippen LogP contribution in [0.3, 0.4) is 0 Å². The van der Waals surface area contributed by atoms with E-state index in [9.17, 15) is 14.4 Å². The van der Waals surface area contributed by atoms with E-state index in [1.807, 2.05) is 62.3 Å². The summed E-state index contributed by atoms with van der Waals surface area (Å²) in [7, 11) is 0. The standard InChI is InChI=1S/C10H20O4.2C7H14O2/c1-10(2,3)5-4-9(13)14-7-8(12)6-11;2*1-7(2,3)5-4-6(8)9/h8,11-12H,4-7H2,1-3H3;2*4-5H2,1-3H3,(H,8,9). The lowest BCUT2D eigenvalue weighted by Crippen LogP contribution is -2.22. The minimum atomic E-state index is -0.964. The van der Waals surface area contributed by atoms with Gasteiger partial charge in [-0.25, -0.2) is 0 Å². The van der Waals surface area contributed by atoms with Crippen molar-refractivity contribution in [1.29, 1.82) is 0 Å². The Morgan fingerprint density at radius 3 is 1.22 bits per heavy atom. The number of ether oxygens (including phenoxy) is 1. The molecule has 0 aliphatic heterocycles. The molecule has 0 saturated carbocycles. The molecule has 32 heavy (non-hydrogen) atoms. The molecule has 8 nitrogen and oxygen atoms in total. The van der Waals surface area contributed by atoms with Crippen molar-refractivity contribution in [3.8, 4) is 0 Å². The van der Waals surface area contributed by atoms with Gasteiger partial charge in [0.25, 0.3) is 0 Å². The number of hydrogen-bond acceptors (Lipinski definition) is 6. The van der Waals surface area contributed by atoms with Gasteiger partial charge in [-0.15, -0.1) is 0 Å². The summed E-state index contributed by atoms with van der Waals surface area (Å²) in [4.78, 5) is 31.2. The number of carboxylic acid groups (broad SMARTS) is 2. The zero-order chi connectivity index (χ0) is 26.2. The second kappa shape index (κ2) is 16.9. The molecule has 0 heterocycles. The molecule has 8 heteroatoms. The molecule has 0 bridgehead atoms. The van der Waals surface area contributed by atoms with Gasteiger partial charge in [-0.2, -0.15) is 0 Å². The third kappa shape index (κ3) is 38.9. The van der Waals surface area contributed by atoms with Crippen LogP contribution in [0.5, 0.6) is 0 Å². The van der Waals surface area contributed by atoms with E-state index in [1.54, 1.807) is 0 Å². The third-order valence-electron chi connectivity index (χ3n) is 3.90. The van der Waals surface area contributed by atoms with Gasteiger partial charge in [0.2, 0.25) is 0 Å². The number of hydrogen-bond donors (Lipinski definition) is 4. The Bertz CT molecular complexity index is 494. The fourth-order valence-corrected chi connectivity index (χ4v) is 1.75. The Balaban J connectivity index is -0.000000411. The lowest BCUT2D eigenvalue weighted by Gasteiger charge is -2.17. The van der Waals surface area contributed by atoms with E-state index in [2.05, 4.69) is 0 Å². The summed E-state index contributed by atoms with van der Waals surface area (Å²) in [5, 5.41) is 33.9. The molecule has 1 unspecified atom stereocenters. The number of aliphatic hydroxyl groups excluding tert-OH is 2. The zero-order valence-corrected chi connectivity index (χ0v) is 21.7. The molecule has 0 radical (unpaired) electrons. The molecule has 0 aromatic heterocycles. The maximum Gasteiger partial charge on any atom is 0.305 e. The van der Waals surface area contributed by atoms with E-state index in [-0.39, 0.29) is 48.3 Å². The maximum atomic E-state index is 11.1. The van der Waals surface area contributed by atoms with Crippen LogP contribution in [0.1, 0.15) is 101 Å². The first kappa shape index (κ1) is 34.9. The monoisotopic (exact) mass is 464 g/mol. The highest BCUT2D eigenvalue weighted by Gasteiger charge is 2.14. The maximum absolute atomic E-state index is 11.1. The molecule has 0 saturated heterocycles. The van der Waals surface area contributed by atoms with Crippen molar-refractivity contribution in [2.75, 3.05) is 13.2 Å². The smallest absolute Gasteiger partial charge is 0.305 e. The van der Waals surface area contributed by atoms with E-state index in [1.165, 1.54) is 0 Å². The highest BCUT2D eigenvalue weighted by atomic mass is 16.5. The van der Waals surface area contributed by atoms with Crippen molar-refractivity contribution in [2.45, 2.75) is 107 Å². The fraction of sp³-hybridized carbons (Fsp3) is 0.875. The predicted molar refractivity (Wildman–Crippen MR) is 125 cm³/mol. The third-order valence-corrected chi connectivity index (χ3v) is 3.90. The number of aliphatic hydroxyl groups is 2. The molecule has 0 rings (SSSR count). The first-order chi connectivity index (χ1) is 14.2. The van der Waals surface area contributed by atoms with Crippen molar-refractivity contribution in [1.82, 2.24) is 0 Å². The summed E-state index contributed by atoms with van der Waals surface area (Å²) in [5.74, 6) is -1.73. The Labute approximate surface area is 194 Å². The van der Waals surface area contributed by atoms with Crippen LogP contribution >= 0.6 is 0 Å². The van der Waals surface area contributed by atoms with Gasteiger partial charge in [-0.3, -0.25) is 14.4 Å². The number of rotatable bonds is 9. The van der Waals surface area contributed by atoms with Crippen LogP contribution < -0.4 is 0 Å². The second-order valence-corrected chi connectivity index (χ2v) is 11.5. The largest absolute Gasteiger partial charge is 0.481 e. The number of aliphatic carboxylic acids is 2. The van der Waals surface area contributed by atoms with Gasteiger partial charge in [0, 0.05) is 19.3 Å². The molecule has 1 atom stereocenters. The van der Waals surface area contributed by atoms with Gasteiger partial charge in [-0.1, -0.05) is 62.3 Å². The molecular weight excluding hydrogens is 416 g/mol. The number of carbonyl (C=O) groups excluding carboxylic acids is 1. The first-order valence-corrected chi connectivity index (χ1v) is 11.1. The van der Waals surface area contributed by atoms with Crippen molar-refractivity contribution in [2.24, 2.45) is 16.2 Å². The Hall–Kier alpha value is -1.67. The highest BCUT2D eigenvalue weighted by molar-refractivity contribution is 5.69. The van der Waals surface area contributed by atoms with Crippen LogP contribution in [0.25, 0.3) is 0 Å². The molecule has 0 spiro atoms. The average molecular weight is 465 g/mol. The zero-order valence-electron chi connectivity index (χ0n) is 21.7. The predicted octanol–water partition coefficient (Wildman–Crippen LogP) is 4.50. The number of carboxylic acids is 2. The fourth-order valence-electron chi connectivity index (χ4n) is 1.75. The highest BCUT2D eigenvalue weighted by Crippen LogP contribution is 2.21. The topological polar surface area (TPSA) is 141 Å². The van der Waals surface area contributed by atoms with Gasteiger partial charge in [-0.05, 0) is 35.5 Å². The van der Waals surface area contributed by atoms with Crippen LogP contribution in [-0.2, 0) is 19.1 Å². The lowest BCUT2D eigenvalue weighted by atomic mass is 9.91. The average Bonchev–Trinajstić information content (AvgIpc) is 2.60. The van der Waals surface area contributed by atoms with Gasteiger partial charge in [0.05, 0.1) is 6.61 Å². The molecule has 192 valence electrons. The normalized spacial score (nSPS) is 12.5. The summed E-state index contributed by atoms with van der Waals surface area (Å²) in [6.45, 7) is 17.9. The molecule has 0 aromatic carbocycles. The van der Waals surface area contributed by atoms with Crippen LogP contribution in [0.2, 0.25) is 0 Å². The summed E-state index contributed by atoms with van der Waals surface area (Å²) in [6, 6.07) is 0. The van der Waals surface area contributed by atoms with E-state index in [0.717, 1.165) is 19.3 Å². The summed E-state index contributed by atoms with van der Waals surface area (Å²) in [5.41, 5.74) is 0.408. The molecular formula is C24H48O8. The molecule has 0 aromatic rings. The Morgan fingerprint density at radius 1 is 0.688 bits per heavy atom. The van der Waals surface area contributed by atoms with Crippen LogP contribution in [-0.4, -0.2) is 57.7 Å². The van der Waals surface area contributed by atoms with Gasteiger partial charge < -0.3 is 25.2 Å². The SMILES string of the molecule is CC(C)(C)CCC(=O)O.CC(C)(C)CCC(=O)O.CC(C)(C)CCC(=O)OCC(O)CO. The number of carbonyl (C=O) groups is 3. The Morgan fingerprint density at radius 2 is 1.00 bits per heavy atom. The van der Waals surface area contributed by atoms with Crippen molar-refractivity contribution in [3.63, 3.8) is 0 Å². The van der Waals surface area contributed by atoms with Crippen molar-refractivity contribution >= 4 is 17.9 Å². The van der Waals surface area contributed by atoms with Crippen LogP contribution in [0.4, 0.5) is 0 Å². The van der Waals surface area contributed by atoms with Gasteiger partial charge >= 0.3 is 17.9 Å². The van der Waals surface area contributed by atoms with E-state index in [0.29, 0.717) is 6.42 Å². The molecule has 4 N–H and O–H groups in total. The quantitative estimate of drug-likeness (QED) is 0.365. The second-order valence-electron chi connectivity index (χ2n) is 11.5. The van der Waals surface area contributed by atoms with Crippen LogP contribution in [0, 0.1) is 16.2 Å². The molecule has 0 fully saturated rings. The van der Waals surface area contributed by atoms with Crippen molar-refractivity contribution in [3.05, 3.63) is 0 Å².